The molecule has 1 heterocycles. The van der Waals surface area contributed by atoms with Crippen LogP contribution in [0.25, 0.3) is 0 Å². The van der Waals surface area contributed by atoms with Crippen LogP contribution < -0.4 is 10.6 Å². The fraction of sp³-hybridized carbons (Fsp3) is 0.263. The van der Waals surface area contributed by atoms with E-state index in [1.165, 1.54) is 26.1 Å². The minimum atomic E-state index is -1.06. The smallest absolute Gasteiger partial charge is 0.329 e. The van der Waals surface area contributed by atoms with E-state index in [0.29, 0.717) is 10.6 Å². The number of amides is 2. The van der Waals surface area contributed by atoms with Crippen molar-refractivity contribution < 1.29 is 19.1 Å². The van der Waals surface area contributed by atoms with Gasteiger partial charge in [-0.15, -0.1) is 0 Å². The van der Waals surface area contributed by atoms with Gasteiger partial charge in [0.1, 0.15) is 11.9 Å². The van der Waals surface area contributed by atoms with Crippen LogP contribution in [0.4, 0.5) is 5.82 Å². The summed E-state index contributed by atoms with van der Waals surface area (Å²) >= 11 is 5.73. The Hall–Kier alpha value is -2.93. The molecule has 0 unspecified atom stereocenters. The number of anilines is 1. The largest absolute Gasteiger partial charge is 0.451 e. The van der Waals surface area contributed by atoms with E-state index in [4.69, 9.17) is 16.3 Å². The highest BCUT2D eigenvalue weighted by atomic mass is 35.5. The molecule has 0 aliphatic heterocycles. The normalized spacial score (nSPS) is 12.6. The molecule has 2 N–H and O–H groups in total. The van der Waals surface area contributed by atoms with E-state index in [1.807, 2.05) is 13.0 Å². The predicted molar refractivity (Wildman–Crippen MR) is 102 cm³/mol. The van der Waals surface area contributed by atoms with Gasteiger partial charge >= 0.3 is 5.97 Å². The van der Waals surface area contributed by atoms with Crippen LogP contribution in [0.15, 0.2) is 42.6 Å². The number of pyridine rings is 1. The van der Waals surface area contributed by atoms with Crippen LogP contribution >= 0.6 is 11.6 Å². The molecule has 2 amide bonds. The number of ether oxygens (including phenoxy) is 1. The van der Waals surface area contributed by atoms with Gasteiger partial charge in [-0.3, -0.25) is 9.59 Å². The number of nitrogens with one attached hydrogen (secondary N) is 2. The Bertz CT molecular complexity index is 839. The van der Waals surface area contributed by atoms with Gasteiger partial charge in [-0.2, -0.15) is 0 Å². The first-order valence-electron chi connectivity index (χ1n) is 8.26. The summed E-state index contributed by atoms with van der Waals surface area (Å²) in [6.07, 6.45) is 0.324. The molecule has 0 radical (unpaired) electrons. The first kappa shape index (κ1) is 20.4. The minimum Gasteiger partial charge on any atom is -0.451 e. The number of hydrogen-bond acceptors (Lipinski definition) is 5. The third-order valence-electron chi connectivity index (χ3n) is 3.62. The molecule has 8 heteroatoms. The zero-order chi connectivity index (χ0) is 20.0. The first-order chi connectivity index (χ1) is 12.8. The summed E-state index contributed by atoms with van der Waals surface area (Å²) in [5, 5.41) is 5.50. The molecule has 0 fully saturated rings. The number of benzene rings is 1. The van der Waals surface area contributed by atoms with Crippen LogP contribution in [0, 0.1) is 6.92 Å². The molecule has 0 spiro atoms. The topological polar surface area (TPSA) is 97.4 Å². The predicted octanol–water partition coefficient (Wildman–Crippen LogP) is 2.73. The number of aryl methyl sites for hydroxylation is 1. The zero-order valence-corrected chi connectivity index (χ0v) is 15.9. The van der Waals surface area contributed by atoms with Crippen molar-refractivity contribution in [3.05, 3.63) is 58.7 Å². The summed E-state index contributed by atoms with van der Waals surface area (Å²) < 4.78 is 5.11. The van der Waals surface area contributed by atoms with E-state index >= 15 is 0 Å². The summed E-state index contributed by atoms with van der Waals surface area (Å²) in [4.78, 5) is 40.3. The van der Waals surface area contributed by atoms with Gasteiger partial charge in [0, 0.05) is 11.8 Å². The second-order valence-electron chi connectivity index (χ2n) is 5.99. The summed E-state index contributed by atoms with van der Waals surface area (Å²) in [5.74, 6) is -1.38. The third kappa shape index (κ3) is 6.07. The lowest BCUT2D eigenvalue weighted by Crippen LogP contribution is -2.42. The summed E-state index contributed by atoms with van der Waals surface area (Å²) in [6.45, 7) is 4.78. The molecular formula is C19H20ClN3O4. The van der Waals surface area contributed by atoms with Gasteiger partial charge in [-0.05, 0) is 45.0 Å². The maximum atomic E-state index is 12.2. The average molecular weight is 390 g/mol. The van der Waals surface area contributed by atoms with E-state index < -0.39 is 29.9 Å². The number of esters is 1. The molecule has 2 atom stereocenters. The summed E-state index contributed by atoms with van der Waals surface area (Å²) in [7, 11) is 0. The molecule has 27 heavy (non-hydrogen) atoms. The molecule has 2 aromatic rings. The Morgan fingerprint density at radius 3 is 2.52 bits per heavy atom. The highest BCUT2D eigenvalue weighted by molar-refractivity contribution is 6.30. The number of rotatable bonds is 6. The van der Waals surface area contributed by atoms with Crippen LogP contribution in [0.3, 0.4) is 0 Å². The van der Waals surface area contributed by atoms with Crippen molar-refractivity contribution in [2.24, 2.45) is 0 Å². The molecule has 1 aromatic heterocycles. The average Bonchev–Trinajstić information content (AvgIpc) is 2.63. The fourth-order valence-corrected chi connectivity index (χ4v) is 2.24. The Morgan fingerprint density at radius 1 is 1.15 bits per heavy atom. The van der Waals surface area contributed by atoms with Gasteiger partial charge in [-0.25, -0.2) is 9.78 Å². The molecule has 0 aliphatic rings. The molecule has 0 aliphatic carbocycles. The van der Waals surface area contributed by atoms with Gasteiger partial charge in [0.05, 0.1) is 5.02 Å². The van der Waals surface area contributed by atoms with Crippen LogP contribution in [0.1, 0.15) is 29.8 Å². The lowest BCUT2D eigenvalue weighted by Gasteiger charge is -2.17. The highest BCUT2D eigenvalue weighted by Gasteiger charge is 2.23. The van der Waals surface area contributed by atoms with Gasteiger partial charge in [0.2, 0.25) is 0 Å². The van der Waals surface area contributed by atoms with Gasteiger partial charge < -0.3 is 15.4 Å². The second kappa shape index (κ2) is 9.14. The summed E-state index contributed by atoms with van der Waals surface area (Å²) in [6, 6.07) is 9.16. The molecular weight excluding hydrogens is 370 g/mol. The number of carbonyl (C=O) groups is 3. The Morgan fingerprint density at radius 2 is 1.89 bits per heavy atom. The maximum Gasteiger partial charge on any atom is 0.329 e. The van der Waals surface area contributed by atoms with E-state index in [2.05, 4.69) is 15.6 Å². The minimum absolute atomic E-state index is 0.285. The standard InChI is InChI=1S/C19H20ClN3O4/c1-11-5-4-6-14(9-11)18(25)22-12(2)19(26)27-13(3)17(24)23-16-8-7-15(20)10-21-16/h4-10,12-13H,1-3H3,(H,22,25)(H,21,23,24)/t12-,13+/m0/s1. The molecule has 1 aromatic carbocycles. The Labute approximate surface area is 162 Å². The number of nitrogens with zero attached hydrogens (tertiary/aromatic N) is 1. The van der Waals surface area contributed by atoms with Crippen LogP contribution in [0.2, 0.25) is 5.02 Å². The van der Waals surface area contributed by atoms with Crippen molar-refractivity contribution in [2.45, 2.75) is 32.9 Å². The quantitative estimate of drug-likeness (QED) is 0.740. The number of halogens is 1. The van der Waals surface area contributed by atoms with E-state index in [9.17, 15) is 14.4 Å². The van der Waals surface area contributed by atoms with Gasteiger partial charge in [0.15, 0.2) is 6.10 Å². The first-order valence-corrected chi connectivity index (χ1v) is 8.64. The molecule has 7 nitrogen and oxygen atoms in total. The van der Waals surface area contributed by atoms with E-state index in [0.717, 1.165) is 5.56 Å². The van der Waals surface area contributed by atoms with Crippen LogP contribution in [0.5, 0.6) is 0 Å². The number of aromatic nitrogens is 1. The van der Waals surface area contributed by atoms with E-state index in [1.54, 1.807) is 24.3 Å². The highest BCUT2D eigenvalue weighted by Crippen LogP contribution is 2.10. The molecule has 0 saturated heterocycles. The fourth-order valence-electron chi connectivity index (χ4n) is 2.13. The monoisotopic (exact) mass is 389 g/mol. The van der Waals surface area contributed by atoms with Crippen molar-refractivity contribution in [3.63, 3.8) is 0 Å². The number of carbonyl (C=O) groups excluding carboxylic acids is 3. The maximum absolute atomic E-state index is 12.2. The van der Waals surface area contributed by atoms with Gasteiger partial charge in [-0.1, -0.05) is 29.3 Å². The van der Waals surface area contributed by atoms with Crippen molar-refractivity contribution in [2.75, 3.05) is 5.32 Å². The van der Waals surface area contributed by atoms with Crippen molar-refractivity contribution in [1.29, 1.82) is 0 Å². The lowest BCUT2D eigenvalue weighted by atomic mass is 10.1. The Kier molecular flexibility index (Phi) is 6.90. The van der Waals surface area contributed by atoms with Crippen molar-refractivity contribution in [1.82, 2.24) is 10.3 Å². The second-order valence-corrected chi connectivity index (χ2v) is 6.43. The molecule has 0 bridgehead atoms. The number of hydrogen-bond donors (Lipinski definition) is 2. The lowest BCUT2D eigenvalue weighted by molar-refractivity contribution is -0.154. The van der Waals surface area contributed by atoms with Crippen molar-refractivity contribution >= 4 is 35.2 Å². The third-order valence-corrected chi connectivity index (χ3v) is 3.85. The van der Waals surface area contributed by atoms with Gasteiger partial charge in [0.25, 0.3) is 11.8 Å². The van der Waals surface area contributed by atoms with Crippen LogP contribution in [-0.2, 0) is 14.3 Å². The SMILES string of the molecule is Cc1cccc(C(=O)N[C@@H](C)C(=O)O[C@H](C)C(=O)Nc2ccc(Cl)cn2)c1. The molecule has 2 rings (SSSR count). The zero-order valence-electron chi connectivity index (χ0n) is 15.2. The van der Waals surface area contributed by atoms with Crippen molar-refractivity contribution in [3.8, 4) is 0 Å². The molecule has 142 valence electrons. The van der Waals surface area contributed by atoms with Crippen LogP contribution in [-0.4, -0.2) is 34.9 Å². The van der Waals surface area contributed by atoms with E-state index in [-0.39, 0.29) is 5.82 Å². The Balaban J connectivity index is 1.88. The molecule has 0 saturated carbocycles. The summed E-state index contributed by atoms with van der Waals surface area (Å²) in [5.41, 5.74) is 1.37.